The Morgan fingerprint density at radius 1 is 0.404 bits per heavy atom. The first-order valence-corrected chi connectivity index (χ1v) is 47.6. The van der Waals surface area contributed by atoms with Crippen LogP contribution in [-0.2, 0) is 40.0 Å². The summed E-state index contributed by atoms with van der Waals surface area (Å²) in [5.41, 5.74) is 13.1. The number of methoxy groups -OCH3 is 1. The summed E-state index contributed by atoms with van der Waals surface area (Å²) < 4.78 is 43.9. The number of aliphatic hydroxyl groups excluding tert-OH is 2. The monoisotopic (exact) mass is 1910 g/mol. The maximum absolute atomic E-state index is 13.1. The molecule has 16 heterocycles. The van der Waals surface area contributed by atoms with Crippen molar-refractivity contribution in [2.45, 2.75) is 71.6 Å². The maximum atomic E-state index is 13.1. The number of ether oxygens (including phenoxy) is 5. The van der Waals surface area contributed by atoms with Crippen molar-refractivity contribution in [1.82, 2.24) is 82.1 Å². The van der Waals surface area contributed by atoms with Crippen LogP contribution in [-0.4, -0.2) is 255 Å². The summed E-state index contributed by atoms with van der Waals surface area (Å²) in [5.74, 6) is 5.89. The molecule has 702 valence electrons. The van der Waals surface area contributed by atoms with E-state index in [9.17, 15) is 43.8 Å². The van der Waals surface area contributed by atoms with Crippen molar-refractivity contribution in [3.8, 4) is 56.7 Å². The van der Waals surface area contributed by atoms with Crippen LogP contribution in [0.15, 0.2) is 159 Å². The number of aliphatic hydroxyl groups is 2. The Labute approximate surface area is 800 Å². The Morgan fingerprint density at radius 3 is 1.06 bits per heavy atom. The number of β-amino-alcohol motifs (C(OH)–C–C–N with tert-alkyl or cyclic N) is 1. The molecule has 2 N–H and O–H groups in total. The lowest BCUT2D eigenvalue weighted by Gasteiger charge is -2.22. The molecule has 3 aliphatic heterocycles. The van der Waals surface area contributed by atoms with Gasteiger partial charge in [-0.2, -0.15) is 0 Å². The SMILES string of the molecule is CO[C@@H]1CCN(C(=O)c2cc3nccc(Oc4ccc5c(C(=O)N(C)C)c(C)n(C)c5c4)c3s2)C1.Cc1c(C(=O)N(C)C)c2ccc(Oc3ccnc4cc(-c5nccn5C)sc34)cc2n1C.Cc1c(C(=O)N(C)C)c2ccc(Oc3ccnc4cc(C(=O)N5CCC[C@H]5CO)sc34)cc2n1C.Cc1c(C(=O)N(C)C)c2ccc(Oc3ccnc4cc(C(=O)N5CC[C@@H](O)C5)sc34)cc2n1C. The Hall–Kier alpha value is -13.9. The number of nitrogens with zero attached hydrogens (tertiary/aromatic N) is 17. The number of carbonyl (C=O) groups excluding carboxylic acids is 7. The Bertz CT molecular complexity index is 7610. The van der Waals surface area contributed by atoms with E-state index in [1.54, 1.807) is 159 Å². The van der Waals surface area contributed by atoms with E-state index in [4.69, 9.17) is 23.7 Å². The second kappa shape index (κ2) is 38.4. The smallest absolute Gasteiger partial charge is 0.264 e. The highest BCUT2D eigenvalue weighted by Gasteiger charge is 2.34. The highest BCUT2D eigenvalue weighted by atomic mass is 32.1. The van der Waals surface area contributed by atoms with Gasteiger partial charge in [0.1, 0.15) is 51.8 Å². The number of thiophene rings is 4. The van der Waals surface area contributed by atoms with Gasteiger partial charge in [-0.15, -0.1) is 45.3 Å². The van der Waals surface area contributed by atoms with Gasteiger partial charge in [-0.05, 0) is 126 Å². The van der Waals surface area contributed by atoms with Crippen LogP contribution < -0.4 is 18.9 Å². The lowest BCUT2D eigenvalue weighted by atomic mass is 10.1. The number of aromatic nitrogens is 10. The minimum absolute atomic E-state index is 0.00184. The van der Waals surface area contributed by atoms with Gasteiger partial charge in [0.25, 0.3) is 41.4 Å². The predicted octanol–water partition coefficient (Wildman–Crippen LogP) is 17.4. The molecule has 0 aliphatic carbocycles. The van der Waals surface area contributed by atoms with Gasteiger partial charge in [0.05, 0.1) is 130 Å². The van der Waals surface area contributed by atoms with Crippen LogP contribution in [0, 0.1) is 27.7 Å². The lowest BCUT2D eigenvalue weighted by molar-refractivity contribution is 0.0681. The number of pyridine rings is 4. The van der Waals surface area contributed by atoms with Crippen LogP contribution in [0.5, 0.6) is 46.0 Å². The molecular formula is C101H105N17O14S4. The van der Waals surface area contributed by atoms with Crippen molar-refractivity contribution >= 4 is 171 Å². The fourth-order valence-electron chi connectivity index (χ4n) is 17.7. The number of rotatable bonds is 18. The summed E-state index contributed by atoms with van der Waals surface area (Å²) in [6.45, 7) is 10.6. The van der Waals surface area contributed by atoms with E-state index in [-0.39, 0.29) is 60.1 Å². The molecule has 3 aliphatic rings. The standard InChI is InChI=1S/2C26H28N4O4S.C25H26N4O4S.C24H23N5O2S/c1-15-23(26(32)28(2)3)18-7-6-16(12-20(18)29(15)4)34-21-8-10-27-19-13-22(35-24(19)21)25(31)30-11-9-17(14-30)33-5;1-15-23(26(33)28(2)3)18-8-7-17(12-20(18)29(15)4)34-21-9-10-27-19-13-22(35-24(19)21)25(32)30-11-5-6-16(30)14-31;1-14-22(25(32)27(2)3)17-6-5-16(11-19(17)28(14)4)33-20-7-9-26-18-12-21(34-23(18)20)24(31)29-10-8-15(30)13-29;1-14-21(24(30)27(2)3)16-7-6-15(12-18(16)29(14)5)31-19-8-9-25-17-13-20(32-22(17)19)23-26-10-11-28(23)4/h6-8,10,12-13,17H,9,11,14H2,1-5H3;7-10,12-13,16,31H,5-6,11,14H2,1-4H3;5-7,9,11-12,15,30H,8,10,13H2,1-4H3;6-13H,1-5H3/t17-;16-;15-;/m101./s1. The van der Waals surface area contributed by atoms with Gasteiger partial charge < -0.3 is 91.0 Å². The van der Waals surface area contributed by atoms with Crippen molar-refractivity contribution < 1.29 is 67.5 Å². The van der Waals surface area contributed by atoms with Gasteiger partial charge in [-0.3, -0.25) is 53.5 Å². The molecule has 7 amide bonds. The van der Waals surface area contributed by atoms with Crippen LogP contribution in [0.2, 0.25) is 0 Å². The molecule has 17 aromatic rings. The third kappa shape index (κ3) is 17.9. The molecule has 13 aromatic heterocycles. The predicted molar refractivity (Wildman–Crippen MR) is 533 cm³/mol. The van der Waals surface area contributed by atoms with Crippen molar-refractivity contribution in [1.29, 1.82) is 0 Å². The molecule has 0 spiro atoms. The second-order valence-corrected chi connectivity index (χ2v) is 39.2. The number of imidazole rings is 1. The van der Waals surface area contributed by atoms with Gasteiger partial charge in [0, 0.05) is 261 Å². The number of hydrogen-bond acceptors (Lipinski definition) is 23. The summed E-state index contributed by atoms with van der Waals surface area (Å²) in [5, 5.41) is 22.9. The Balaban J connectivity index is 0.000000126. The summed E-state index contributed by atoms with van der Waals surface area (Å²) >= 11 is 5.70. The molecule has 4 aromatic carbocycles. The number of hydrogen-bond donors (Lipinski definition) is 2. The number of amides is 7. The van der Waals surface area contributed by atoms with Gasteiger partial charge in [0.2, 0.25) is 0 Å². The topological polar surface area (TPSA) is 318 Å². The number of likely N-dealkylation sites (tertiary alicyclic amines) is 3. The first-order valence-electron chi connectivity index (χ1n) is 44.3. The first-order chi connectivity index (χ1) is 65.2. The van der Waals surface area contributed by atoms with Crippen LogP contribution in [0.4, 0.5) is 0 Å². The van der Waals surface area contributed by atoms with Gasteiger partial charge >= 0.3 is 0 Å². The van der Waals surface area contributed by atoms with Crippen LogP contribution in [0.25, 0.3) is 95.2 Å². The van der Waals surface area contributed by atoms with Crippen molar-refractivity contribution in [2.24, 2.45) is 35.2 Å². The molecule has 0 radical (unpaired) electrons. The van der Waals surface area contributed by atoms with Gasteiger partial charge in [-0.1, -0.05) is 0 Å². The zero-order valence-corrected chi connectivity index (χ0v) is 82.1. The Morgan fingerprint density at radius 2 is 0.743 bits per heavy atom. The van der Waals surface area contributed by atoms with Crippen LogP contribution in [0.1, 0.15) is 119 Å². The fraction of sp³-hybridized carbons (Fsp3) is 0.307. The molecule has 136 heavy (non-hydrogen) atoms. The molecule has 35 heteroatoms. The highest BCUT2D eigenvalue weighted by Crippen LogP contribution is 2.45. The molecule has 31 nitrogen and oxygen atoms in total. The van der Waals surface area contributed by atoms with E-state index < -0.39 is 6.10 Å². The summed E-state index contributed by atoms with van der Waals surface area (Å²) in [6, 6.07) is 37.6. The van der Waals surface area contributed by atoms with Crippen molar-refractivity contribution in [3.63, 3.8) is 0 Å². The van der Waals surface area contributed by atoms with E-state index in [1.807, 2.05) is 194 Å². The molecule has 3 fully saturated rings. The van der Waals surface area contributed by atoms with Crippen LogP contribution in [0.3, 0.4) is 0 Å². The normalized spacial score (nSPS) is 14.8. The quantitative estimate of drug-likeness (QED) is 0.0806. The van der Waals surface area contributed by atoms with Gasteiger partial charge in [-0.25, -0.2) is 4.98 Å². The van der Waals surface area contributed by atoms with E-state index in [2.05, 4.69) is 24.9 Å². The summed E-state index contributed by atoms with van der Waals surface area (Å²) in [7, 11) is 25.5. The average molecular weight is 1910 g/mol. The first kappa shape index (κ1) is 93.9. The van der Waals surface area contributed by atoms with E-state index >= 15 is 0 Å². The highest BCUT2D eigenvalue weighted by molar-refractivity contribution is 7.23. The second-order valence-electron chi connectivity index (χ2n) is 35.0. The molecular weight excluding hydrogens is 1800 g/mol. The number of benzene rings is 4. The van der Waals surface area contributed by atoms with Crippen molar-refractivity contribution in [3.05, 3.63) is 218 Å². The average Bonchev–Trinajstić information content (AvgIpc) is 1.63. The molecule has 0 bridgehead atoms. The molecule has 0 saturated carbocycles. The zero-order chi connectivity index (χ0) is 96.4. The minimum Gasteiger partial charge on any atom is -0.456 e. The third-order valence-corrected chi connectivity index (χ3v) is 30.0. The number of carbonyl (C=O) groups is 7. The Kier molecular flexibility index (Phi) is 26.5. The molecule has 3 saturated heterocycles. The molecule has 20 rings (SSSR count). The largest absolute Gasteiger partial charge is 0.456 e. The van der Waals surface area contributed by atoms with E-state index in [1.165, 1.54) is 34.0 Å². The third-order valence-electron chi connectivity index (χ3n) is 25.5. The molecule has 3 atom stereocenters. The lowest BCUT2D eigenvalue weighted by Crippen LogP contribution is -2.37. The van der Waals surface area contributed by atoms with Crippen molar-refractivity contribution in [2.75, 3.05) is 103 Å². The fourth-order valence-corrected chi connectivity index (χ4v) is 21.9. The van der Waals surface area contributed by atoms with E-state index in [0.717, 1.165) is 137 Å². The van der Waals surface area contributed by atoms with E-state index in [0.29, 0.717) is 122 Å². The summed E-state index contributed by atoms with van der Waals surface area (Å²) in [4.78, 5) is 127. The number of fused-ring (bicyclic) bond motifs is 8. The molecule has 0 unspecified atom stereocenters. The maximum Gasteiger partial charge on any atom is 0.264 e. The summed E-state index contributed by atoms with van der Waals surface area (Å²) in [6.07, 6.45) is 13.3. The number of aryl methyl sites for hydroxylation is 5. The minimum atomic E-state index is -0.458. The van der Waals surface area contributed by atoms with Gasteiger partial charge in [0.15, 0.2) is 0 Å². The van der Waals surface area contributed by atoms with Crippen LogP contribution >= 0.6 is 45.3 Å². The zero-order valence-electron chi connectivity index (χ0n) is 78.8.